The molecule has 8 nitrogen and oxygen atoms in total. The number of aliphatic hydroxyl groups is 1. The predicted octanol–water partition coefficient (Wildman–Crippen LogP) is 1.18. The Balaban J connectivity index is 2.51. The van der Waals surface area contributed by atoms with E-state index >= 15 is 0 Å². The molecule has 0 saturated carbocycles. The van der Waals surface area contributed by atoms with Crippen molar-refractivity contribution in [2.75, 3.05) is 31.2 Å². The number of carbonyl (C=O) groups is 1. The van der Waals surface area contributed by atoms with Gasteiger partial charge in [-0.25, -0.2) is 4.79 Å². The summed E-state index contributed by atoms with van der Waals surface area (Å²) in [5, 5.41) is 26.9. The summed E-state index contributed by atoms with van der Waals surface area (Å²) in [5.41, 5.74) is 0.398. The Morgan fingerprint density at radius 3 is 2.65 bits per heavy atom. The van der Waals surface area contributed by atoms with Gasteiger partial charge in [-0.1, -0.05) is 12.1 Å². The zero-order valence-corrected chi connectivity index (χ0v) is 13.1. The quantitative estimate of drug-likeness (QED) is 0.753. The van der Waals surface area contributed by atoms with Gasteiger partial charge >= 0.3 is 5.97 Å². The molecule has 0 amide bonds. The minimum absolute atomic E-state index is 0.102. The minimum atomic E-state index is -1.17. The lowest BCUT2D eigenvalue weighted by atomic mass is 10.3. The van der Waals surface area contributed by atoms with Crippen molar-refractivity contribution in [3.8, 4) is 11.4 Å². The van der Waals surface area contributed by atoms with Gasteiger partial charge in [0.05, 0.1) is 13.2 Å². The first-order chi connectivity index (χ1) is 11.1. The Morgan fingerprint density at radius 2 is 2.04 bits per heavy atom. The van der Waals surface area contributed by atoms with Gasteiger partial charge in [0.15, 0.2) is 5.82 Å². The molecule has 23 heavy (non-hydrogen) atoms. The molecular formula is C15H20N4O4. The Bertz CT molecular complexity index is 671. The van der Waals surface area contributed by atoms with Gasteiger partial charge in [-0.05, 0) is 26.0 Å². The summed E-state index contributed by atoms with van der Waals surface area (Å²) in [6, 6.07) is 7.14. The number of para-hydroxylation sites is 2. The fraction of sp³-hybridized carbons (Fsp3) is 0.400. The average molecular weight is 320 g/mol. The summed E-state index contributed by atoms with van der Waals surface area (Å²) in [6.07, 6.45) is 0. The van der Waals surface area contributed by atoms with Crippen LogP contribution in [0.5, 0.6) is 5.75 Å². The first kappa shape index (κ1) is 16.8. The van der Waals surface area contributed by atoms with Gasteiger partial charge in [-0.3, -0.25) is 0 Å². The second-order valence-electron chi connectivity index (χ2n) is 4.67. The van der Waals surface area contributed by atoms with E-state index in [-0.39, 0.29) is 24.7 Å². The highest BCUT2D eigenvalue weighted by Gasteiger charge is 2.23. The van der Waals surface area contributed by atoms with E-state index in [1.54, 1.807) is 23.1 Å². The number of nitrogens with zero attached hydrogens (tertiary/aromatic N) is 4. The largest absolute Gasteiger partial charge is 0.492 e. The highest BCUT2D eigenvalue weighted by atomic mass is 16.5. The van der Waals surface area contributed by atoms with Crippen molar-refractivity contribution in [1.82, 2.24) is 15.0 Å². The van der Waals surface area contributed by atoms with E-state index < -0.39 is 5.97 Å². The van der Waals surface area contributed by atoms with Crippen molar-refractivity contribution in [3.05, 3.63) is 30.0 Å². The van der Waals surface area contributed by atoms with Crippen LogP contribution in [-0.4, -0.2) is 57.5 Å². The lowest BCUT2D eigenvalue weighted by Crippen LogP contribution is -2.28. The number of aromatic carboxylic acids is 1. The first-order valence-electron chi connectivity index (χ1n) is 7.41. The number of rotatable bonds is 8. The molecule has 2 rings (SSSR count). The van der Waals surface area contributed by atoms with Crippen LogP contribution in [0.3, 0.4) is 0 Å². The van der Waals surface area contributed by atoms with E-state index in [0.717, 1.165) is 0 Å². The highest BCUT2D eigenvalue weighted by Crippen LogP contribution is 2.24. The average Bonchev–Trinajstić information content (AvgIpc) is 2.98. The van der Waals surface area contributed by atoms with Crippen molar-refractivity contribution in [2.45, 2.75) is 13.8 Å². The summed E-state index contributed by atoms with van der Waals surface area (Å²) in [4.78, 5) is 14.4. The Labute approximate surface area is 133 Å². The number of anilines is 1. The maximum absolute atomic E-state index is 11.5. The Hall–Kier alpha value is -2.61. The number of aromatic nitrogens is 3. The molecule has 0 bridgehead atoms. The number of carboxylic acids is 1. The Morgan fingerprint density at radius 1 is 1.30 bits per heavy atom. The predicted molar refractivity (Wildman–Crippen MR) is 84.5 cm³/mol. The van der Waals surface area contributed by atoms with Crippen molar-refractivity contribution in [1.29, 1.82) is 0 Å². The van der Waals surface area contributed by atoms with E-state index in [9.17, 15) is 9.90 Å². The van der Waals surface area contributed by atoms with Crippen molar-refractivity contribution >= 4 is 11.8 Å². The van der Waals surface area contributed by atoms with Crippen molar-refractivity contribution in [3.63, 3.8) is 0 Å². The molecule has 8 heteroatoms. The van der Waals surface area contributed by atoms with Gasteiger partial charge in [0.25, 0.3) is 0 Å². The van der Waals surface area contributed by atoms with Crippen LogP contribution in [0.25, 0.3) is 5.69 Å². The standard InChI is InChI=1S/C15H20N4O4/c1-3-18(9-10-20)14-13(15(21)22)16-19(17-14)11-7-5-6-8-12(11)23-4-2/h5-8,20H,3-4,9-10H2,1-2H3,(H,21,22). The molecule has 124 valence electrons. The normalized spacial score (nSPS) is 10.6. The molecule has 0 aliphatic carbocycles. The molecular weight excluding hydrogens is 300 g/mol. The minimum Gasteiger partial charge on any atom is -0.492 e. The van der Waals surface area contributed by atoms with Gasteiger partial charge < -0.3 is 19.8 Å². The van der Waals surface area contributed by atoms with E-state index in [1.165, 1.54) is 4.80 Å². The number of likely N-dealkylation sites (N-methyl/N-ethyl adjacent to an activating group) is 1. The van der Waals surface area contributed by atoms with Crippen LogP contribution < -0.4 is 9.64 Å². The number of hydrogen-bond acceptors (Lipinski definition) is 6. The van der Waals surface area contributed by atoms with Gasteiger partial charge in [0.1, 0.15) is 11.4 Å². The molecule has 0 atom stereocenters. The molecule has 0 spiro atoms. The molecule has 0 unspecified atom stereocenters. The molecule has 2 aromatic rings. The van der Waals surface area contributed by atoms with Gasteiger partial charge in [-0.2, -0.15) is 0 Å². The fourth-order valence-corrected chi connectivity index (χ4v) is 2.19. The third kappa shape index (κ3) is 3.59. The Kier molecular flexibility index (Phi) is 5.53. The lowest BCUT2D eigenvalue weighted by Gasteiger charge is -2.18. The van der Waals surface area contributed by atoms with Crippen molar-refractivity contribution < 1.29 is 19.7 Å². The monoisotopic (exact) mass is 320 g/mol. The molecule has 1 aromatic heterocycles. The van der Waals surface area contributed by atoms with Crippen LogP contribution >= 0.6 is 0 Å². The topological polar surface area (TPSA) is 101 Å². The van der Waals surface area contributed by atoms with E-state index in [1.807, 2.05) is 19.9 Å². The number of hydrogen-bond donors (Lipinski definition) is 2. The van der Waals surface area contributed by atoms with Crippen LogP contribution in [0, 0.1) is 0 Å². The highest BCUT2D eigenvalue weighted by molar-refractivity contribution is 5.91. The van der Waals surface area contributed by atoms with Crippen LogP contribution in [0.4, 0.5) is 5.82 Å². The van der Waals surface area contributed by atoms with Crippen LogP contribution in [-0.2, 0) is 0 Å². The molecule has 1 aromatic carbocycles. The van der Waals surface area contributed by atoms with Crippen molar-refractivity contribution in [2.24, 2.45) is 0 Å². The van der Waals surface area contributed by atoms with Gasteiger partial charge in [0.2, 0.25) is 5.69 Å². The zero-order chi connectivity index (χ0) is 16.8. The summed E-state index contributed by atoms with van der Waals surface area (Å²) in [5.74, 6) is -0.379. The second-order valence-corrected chi connectivity index (χ2v) is 4.67. The summed E-state index contributed by atoms with van der Waals surface area (Å²) < 4.78 is 5.53. The van der Waals surface area contributed by atoms with Crippen LogP contribution in [0.1, 0.15) is 24.3 Å². The van der Waals surface area contributed by atoms with E-state index in [2.05, 4.69) is 10.2 Å². The molecule has 0 fully saturated rings. The first-order valence-corrected chi connectivity index (χ1v) is 7.41. The maximum Gasteiger partial charge on any atom is 0.360 e. The fourth-order valence-electron chi connectivity index (χ4n) is 2.19. The number of ether oxygens (including phenoxy) is 1. The van der Waals surface area contributed by atoms with E-state index in [0.29, 0.717) is 24.6 Å². The number of benzene rings is 1. The van der Waals surface area contributed by atoms with Crippen LogP contribution in [0.2, 0.25) is 0 Å². The van der Waals surface area contributed by atoms with Gasteiger partial charge in [0, 0.05) is 13.1 Å². The second kappa shape index (κ2) is 7.59. The van der Waals surface area contributed by atoms with Gasteiger partial charge in [-0.15, -0.1) is 15.0 Å². The summed E-state index contributed by atoms with van der Waals surface area (Å²) >= 11 is 0. The summed E-state index contributed by atoms with van der Waals surface area (Å²) in [7, 11) is 0. The third-order valence-corrected chi connectivity index (χ3v) is 3.23. The molecule has 1 heterocycles. The zero-order valence-electron chi connectivity index (χ0n) is 13.1. The number of carboxylic acid groups (broad SMARTS) is 1. The molecule has 2 N–H and O–H groups in total. The lowest BCUT2D eigenvalue weighted by molar-refractivity contribution is 0.0690. The van der Waals surface area contributed by atoms with E-state index in [4.69, 9.17) is 9.84 Å². The van der Waals surface area contributed by atoms with Crippen LogP contribution in [0.15, 0.2) is 24.3 Å². The summed E-state index contributed by atoms with van der Waals surface area (Å²) in [6.45, 7) is 4.88. The number of aliphatic hydroxyl groups excluding tert-OH is 1. The molecule has 0 aliphatic heterocycles. The smallest absolute Gasteiger partial charge is 0.360 e. The maximum atomic E-state index is 11.5. The SMILES string of the molecule is CCOc1ccccc1-n1nc(C(=O)O)c(N(CC)CCO)n1. The molecule has 0 radical (unpaired) electrons. The molecule has 0 saturated heterocycles. The third-order valence-electron chi connectivity index (χ3n) is 3.23. The molecule has 0 aliphatic rings.